The van der Waals surface area contributed by atoms with E-state index in [4.69, 9.17) is 4.74 Å². The minimum Gasteiger partial charge on any atom is -0.395 e. The number of rotatable bonds is 5. The fraction of sp³-hybridized carbons (Fsp3) is 0.533. The summed E-state index contributed by atoms with van der Waals surface area (Å²) in [5.41, 5.74) is 0.852. The Morgan fingerprint density at radius 3 is 2.90 bits per heavy atom. The van der Waals surface area contributed by atoms with Crippen molar-refractivity contribution in [3.63, 3.8) is 0 Å². The average molecular weight is 296 g/mol. The highest BCUT2D eigenvalue weighted by molar-refractivity contribution is 5.78. The molecule has 1 aromatic rings. The second-order valence-corrected chi connectivity index (χ2v) is 5.22. The number of carbonyl (C=O) groups is 1. The standard InChI is InChI=1S/C15H21FN2O3/c1-11(12-2-4-13(16)5-3-12)17-15(20)8-18-6-7-21-10-14(18)9-19/h2-5,11,14,19H,6-10H2,1H3,(H,17,20). The van der Waals surface area contributed by atoms with Crippen LogP contribution in [0.3, 0.4) is 0 Å². The number of carbonyl (C=O) groups excluding carboxylic acids is 1. The molecule has 0 saturated carbocycles. The first-order valence-corrected chi connectivity index (χ1v) is 7.07. The molecular formula is C15H21FN2O3. The molecule has 21 heavy (non-hydrogen) atoms. The summed E-state index contributed by atoms with van der Waals surface area (Å²) in [6.07, 6.45) is 0. The third-order valence-electron chi connectivity index (χ3n) is 3.65. The van der Waals surface area contributed by atoms with Gasteiger partial charge in [-0.25, -0.2) is 4.39 Å². The minimum absolute atomic E-state index is 0.0270. The van der Waals surface area contributed by atoms with Gasteiger partial charge in [0.25, 0.3) is 0 Å². The fourth-order valence-electron chi connectivity index (χ4n) is 2.37. The number of hydrogen-bond acceptors (Lipinski definition) is 4. The van der Waals surface area contributed by atoms with Crippen molar-refractivity contribution in [3.05, 3.63) is 35.6 Å². The summed E-state index contributed by atoms with van der Waals surface area (Å²) >= 11 is 0. The molecule has 1 aliphatic rings. The molecule has 6 heteroatoms. The van der Waals surface area contributed by atoms with Gasteiger partial charge in [-0.1, -0.05) is 12.1 Å². The van der Waals surface area contributed by atoms with E-state index in [1.807, 2.05) is 11.8 Å². The van der Waals surface area contributed by atoms with Gasteiger partial charge in [0.1, 0.15) is 5.82 Å². The second-order valence-electron chi connectivity index (χ2n) is 5.22. The lowest BCUT2D eigenvalue weighted by Crippen LogP contribution is -2.51. The molecule has 0 radical (unpaired) electrons. The topological polar surface area (TPSA) is 61.8 Å². The van der Waals surface area contributed by atoms with Crippen LogP contribution in [0.1, 0.15) is 18.5 Å². The van der Waals surface area contributed by atoms with Crippen LogP contribution in [0.5, 0.6) is 0 Å². The molecule has 2 unspecified atom stereocenters. The van der Waals surface area contributed by atoms with Gasteiger partial charge in [-0.05, 0) is 24.6 Å². The average Bonchev–Trinajstić information content (AvgIpc) is 2.48. The van der Waals surface area contributed by atoms with E-state index in [-0.39, 0.29) is 37.0 Å². The lowest BCUT2D eigenvalue weighted by Gasteiger charge is -2.34. The maximum Gasteiger partial charge on any atom is 0.234 e. The predicted molar refractivity (Wildman–Crippen MR) is 76.2 cm³/mol. The molecule has 2 atom stereocenters. The SMILES string of the molecule is CC(NC(=O)CN1CCOCC1CO)c1ccc(F)cc1. The van der Waals surface area contributed by atoms with E-state index in [0.717, 1.165) is 5.56 Å². The number of nitrogens with one attached hydrogen (secondary N) is 1. The van der Waals surface area contributed by atoms with Crippen LogP contribution in [0, 0.1) is 5.82 Å². The molecule has 5 nitrogen and oxygen atoms in total. The van der Waals surface area contributed by atoms with Crippen LogP contribution in [-0.2, 0) is 9.53 Å². The zero-order chi connectivity index (χ0) is 15.2. The van der Waals surface area contributed by atoms with Gasteiger partial charge in [-0.3, -0.25) is 9.69 Å². The van der Waals surface area contributed by atoms with Gasteiger partial charge in [0.05, 0.1) is 38.4 Å². The molecule has 0 bridgehead atoms. The third-order valence-corrected chi connectivity index (χ3v) is 3.65. The molecule has 1 saturated heterocycles. The van der Waals surface area contributed by atoms with Gasteiger partial charge in [0.2, 0.25) is 5.91 Å². The Morgan fingerprint density at radius 1 is 1.52 bits per heavy atom. The van der Waals surface area contributed by atoms with E-state index >= 15 is 0 Å². The van der Waals surface area contributed by atoms with Gasteiger partial charge in [0, 0.05) is 6.54 Å². The maximum absolute atomic E-state index is 12.9. The van der Waals surface area contributed by atoms with Crippen molar-refractivity contribution in [2.45, 2.75) is 19.0 Å². The van der Waals surface area contributed by atoms with Gasteiger partial charge >= 0.3 is 0 Å². The zero-order valence-electron chi connectivity index (χ0n) is 12.1. The van der Waals surface area contributed by atoms with E-state index in [1.165, 1.54) is 12.1 Å². The van der Waals surface area contributed by atoms with Crippen LogP contribution >= 0.6 is 0 Å². The molecule has 2 rings (SSSR count). The van der Waals surface area contributed by atoms with E-state index in [1.54, 1.807) is 12.1 Å². The van der Waals surface area contributed by atoms with Crippen LogP contribution in [0.15, 0.2) is 24.3 Å². The molecule has 2 N–H and O–H groups in total. The van der Waals surface area contributed by atoms with Gasteiger partial charge in [-0.2, -0.15) is 0 Å². The molecule has 1 fully saturated rings. The third kappa shape index (κ3) is 4.49. The quantitative estimate of drug-likeness (QED) is 0.839. The summed E-state index contributed by atoms with van der Waals surface area (Å²) in [6, 6.07) is 5.75. The minimum atomic E-state index is -0.295. The highest BCUT2D eigenvalue weighted by atomic mass is 19.1. The normalized spacial score (nSPS) is 21.0. The second kappa shape index (κ2) is 7.49. The Kier molecular flexibility index (Phi) is 5.67. The maximum atomic E-state index is 12.9. The van der Waals surface area contributed by atoms with E-state index in [9.17, 15) is 14.3 Å². The molecule has 0 aliphatic carbocycles. The molecule has 1 aliphatic heterocycles. The smallest absolute Gasteiger partial charge is 0.234 e. The van der Waals surface area contributed by atoms with Crippen molar-refractivity contribution in [2.75, 3.05) is 32.9 Å². The Balaban J connectivity index is 1.87. The summed E-state index contributed by atoms with van der Waals surface area (Å²) in [7, 11) is 0. The molecule has 1 amide bonds. The Bertz CT molecular complexity index is 466. The number of amides is 1. The number of halogens is 1. The van der Waals surface area contributed by atoms with Gasteiger partial charge < -0.3 is 15.2 Å². The molecule has 0 spiro atoms. The number of hydrogen-bond donors (Lipinski definition) is 2. The van der Waals surface area contributed by atoms with Crippen molar-refractivity contribution >= 4 is 5.91 Å². The van der Waals surface area contributed by atoms with Gasteiger partial charge in [-0.15, -0.1) is 0 Å². The number of ether oxygens (including phenoxy) is 1. The van der Waals surface area contributed by atoms with Crippen molar-refractivity contribution in [1.82, 2.24) is 10.2 Å². The number of aliphatic hydroxyl groups excluding tert-OH is 1. The molecule has 0 aromatic heterocycles. The van der Waals surface area contributed by atoms with E-state index in [2.05, 4.69) is 5.32 Å². The fourth-order valence-corrected chi connectivity index (χ4v) is 2.37. The summed E-state index contributed by atoms with van der Waals surface area (Å²) in [4.78, 5) is 14.0. The monoisotopic (exact) mass is 296 g/mol. The first-order valence-electron chi connectivity index (χ1n) is 7.07. The van der Waals surface area contributed by atoms with Crippen LogP contribution in [0.4, 0.5) is 4.39 Å². The number of aliphatic hydroxyl groups is 1. The largest absolute Gasteiger partial charge is 0.395 e. The lowest BCUT2D eigenvalue weighted by atomic mass is 10.1. The van der Waals surface area contributed by atoms with E-state index < -0.39 is 0 Å². The lowest BCUT2D eigenvalue weighted by molar-refractivity contribution is -0.125. The summed E-state index contributed by atoms with van der Waals surface area (Å²) in [5.74, 6) is -0.413. The summed E-state index contributed by atoms with van der Waals surface area (Å²) in [6.45, 7) is 3.69. The highest BCUT2D eigenvalue weighted by Crippen LogP contribution is 2.13. The predicted octanol–water partition coefficient (Wildman–Crippen LogP) is 0.696. The van der Waals surface area contributed by atoms with E-state index in [0.29, 0.717) is 19.8 Å². The van der Waals surface area contributed by atoms with Crippen molar-refractivity contribution in [2.24, 2.45) is 0 Å². The first kappa shape index (κ1) is 15.9. The van der Waals surface area contributed by atoms with Crippen molar-refractivity contribution < 1.29 is 19.0 Å². The van der Waals surface area contributed by atoms with Crippen LogP contribution in [-0.4, -0.2) is 54.9 Å². The Labute approximate surface area is 123 Å². The zero-order valence-corrected chi connectivity index (χ0v) is 12.1. The van der Waals surface area contributed by atoms with Gasteiger partial charge in [0.15, 0.2) is 0 Å². The van der Waals surface area contributed by atoms with Crippen molar-refractivity contribution in [3.8, 4) is 0 Å². The molecule has 1 heterocycles. The van der Waals surface area contributed by atoms with Crippen molar-refractivity contribution in [1.29, 1.82) is 0 Å². The highest BCUT2D eigenvalue weighted by Gasteiger charge is 2.24. The summed E-state index contributed by atoms with van der Waals surface area (Å²) < 4.78 is 18.2. The first-order chi connectivity index (χ1) is 10.1. The Morgan fingerprint density at radius 2 is 2.24 bits per heavy atom. The van der Waals surface area contributed by atoms with Crippen LogP contribution in [0.2, 0.25) is 0 Å². The van der Waals surface area contributed by atoms with Crippen LogP contribution in [0.25, 0.3) is 0 Å². The summed E-state index contributed by atoms with van der Waals surface area (Å²) in [5, 5.41) is 12.2. The van der Waals surface area contributed by atoms with Crippen LogP contribution < -0.4 is 5.32 Å². The number of benzene rings is 1. The number of nitrogens with zero attached hydrogens (tertiary/aromatic N) is 1. The number of morpholine rings is 1. The molecule has 116 valence electrons. The molecule has 1 aromatic carbocycles. The molecular weight excluding hydrogens is 275 g/mol. The Hall–Kier alpha value is -1.50.